The molecule has 0 aromatic heterocycles. The predicted octanol–water partition coefficient (Wildman–Crippen LogP) is 5.02. The van der Waals surface area contributed by atoms with Gasteiger partial charge in [0.15, 0.2) is 0 Å². The first-order valence-corrected chi connectivity index (χ1v) is 10.9. The number of rotatable bonds is 5. The fraction of sp³-hybridized carbons (Fsp3) is 0.222. The second-order valence-electron chi connectivity index (χ2n) is 8.29. The van der Waals surface area contributed by atoms with Crippen molar-refractivity contribution in [2.45, 2.75) is 32.7 Å². The molecule has 0 unspecified atom stereocenters. The summed E-state index contributed by atoms with van der Waals surface area (Å²) in [5, 5.41) is 2.91. The Morgan fingerprint density at radius 2 is 1.62 bits per heavy atom. The van der Waals surface area contributed by atoms with Crippen molar-refractivity contribution in [3.8, 4) is 0 Å². The maximum absolute atomic E-state index is 13.2. The van der Waals surface area contributed by atoms with Crippen LogP contribution in [0.5, 0.6) is 0 Å². The predicted molar refractivity (Wildman–Crippen MR) is 129 cm³/mol. The standard InChI is InChI=1S/C27H27N3O2/c1-18(2)20-13-15-22(16-14-20)29-25(31)17-30-24-12-8-7-11-23(24)26(28-19(3)27(30)32)21-9-5-4-6-10-21/h4-16,18-19H,17H2,1-3H3,(H,29,31)/t19-/m1/s1. The van der Waals surface area contributed by atoms with Crippen LogP contribution in [0.2, 0.25) is 0 Å². The monoisotopic (exact) mass is 425 g/mol. The van der Waals surface area contributed by atoms with Crippen LogP contribution in [0.3, 0.4) is 0 Å². The number of hydrogen-bond donors (Lipinski definition) is 1. The summed E-state index contributed by atoms with van der Waals surface area (Å²) in [5.41, 5.74) is 5.15. The smallest absolute Gasteiger partial charge is 0.252 e. The molecule has 2 amide bonds. The highest BCUT2D eigenvalue weighted by Crippen LogP contribution is 2.28. The fourth-order valence-corrected chi connectivity index (χ4v) is 3.86. The molecule has 4 rings (SSSR count). The molecule has 1 aliphatic heterocycles. The van der Waals surface area contributed by atoms with Crippen molar-refractivity contribution in [3.05, 3.63) is 95.6 Å². The minimum atomic E-state index is -0.601. The number of aliphatic imine (C=N–C) groups is 1. The van der Waals surface area contributed by atoms with E-state index in [9.17, 15) is 9.59 Å². The van der Waals surface area contributed by atoms with Crippen molar-refractivity contribution in [1.29, 1.82) is 0 Å². The van der Waals surface area contributed by atoms with Crippen molar-refractivity contribution in [1.82, 2.24) is 0 Å². The Kier molecular flexibility index (Phi) is 6.17. The lowest BCUT2D eigenvalue weighted by atomic mass is 10.0. The molecule has 0 spiro atoms. The van der Waals surface area contributed by atoms with Crippen LogP contribution in [0.4, 0.5) is 11.4 Å². The van der Waals surface area contributed by atoms with Gasteiger partial charge in [0, 0.05) is 16.8 Å². The van der Waals surface area contributed by atoms with Gasteiger partial charge in [0.1, 0.15) is 12.6 Å². The van der Waals surface area contributed by atoms with Crippen LogP contribution < -0.4 is 10.2 Å². The van der Waals surface area contributed by atoms with Crippen LogP contribution >= 0.6 is 0 Å². The summed E-state index contributed by atoms with van der Waals surface area (Å²) in [6, 6.07) is 24.6. The van der Waals surface area contributed by atoms with Gasteiger partial charge in [0.05, 0.1) is 11.4 Å². The summed E-state index contributed by atoms with van der Waals surface area (Å²) < 4.78 is 0. The van der Waals surface area contributed by atoms with Crippen LogP contribution in [0.1, 0.15) is 43.4 Å². The van der Waals surface area contributed by atoms with Crippen LogP contribution in [0, 0.1) is 0 Å². The second kappa shape index (κ2) is 9.18. The van der Waals surface area contributed by atoms with Gasteiger partial charge in [-0.2, -0.15) is 0 Å². The zero-order chi connectivity index (χ0) is 22.7. The average molecular weight is 426 g/mol. The van der Waals surface area contributed by atoms with Crippen molar-refractivity contribution < 1.29 is 9.59 Å². The molecule has 0 radical (unpaired) electrons. The topological polar surface area (TPSA) is 61.8 Å². The molecular formula is C27H27N3O2. The Morgan fingerprint density at radius 1 is 0.969 bits per heavy atom. The molecule has 0 aliphatic carbocycles. The fourth-order valence-electron chi connectivity index (χ4n) is 3.86. The van der Waals surface area contributed by atoms with E-state index in [4.69, 9.17) is 4.99 Å². The first kappa shape index (κ1) is 21.5. The molecule has 0 fully saturated rings. The highest BCUT2D eigenvalue weighted by Gasteiger charge is 2.30. The normalized spacial score (nSPS) is 15.8. The summed E-state index contributed by atoms with van der Waals surface area (Å²) in [7, 11) is 0. The molecule has 3 aromatic carbocycles. The Hall–Kier alpha value is -3.73. The first-order chi connectivity index (χ1) is 15.4. The number of benzene rings is 3. The molecule has 1 heterocycles. The molecule has 5 heteroatoms. The van der Waals surface area contributed by atoms with E-state index in [0.29, 0.717) is 17.3 Å². The first-order valence-electron chi connectivity index (χ1n) is 10.9. The number of nitrogens with one attached hydrogen (secondary N) is 1. The van der Waals surface area contributed by atoms with E-state index in [-0.39, 0.29) is 18.4 Å². The Labute approximate surface area is 188 Å². The van der Waals surface area contributed by atoms with E-state index in [2.05, 4.69) is 19.2 Å². The minimum absolute atomic E-state index is 0.0797. The van der Waals surface area contributed by atoms with Gasteiger partial charge in [-0.05, 0) is 36.6 Å². The average Bonchev–Trinajstić information content (AvgIpc) is 2.90. The second-order valence-corrected chi connectivity index (χ2v) is 8.29. The van der Waals surface area contributed by atoms with E-state index >= 15 is 0 Å². The number of hydrogen-bond acceptors (Lipinski definition) is 3. The Morgan fingerprint density at radius 3 is 2.31 bits per heavy atom. The lowest BCUT2D eigenvalue weighted by molar-refractivity contribution is -0.122. The molecule has 1 atom stereocenters. The lowest BCUT2D eigenvalue weighted by Gasteiger charge is -2.24. The summed E-state index contributed by atoms with van der Waals surface area (Å²) >= 11 is 0. The zero-order valence-electron chi connectivity index (χ0n) is 18.6. The number of fused-ring (bicyclic) bond motifs is 1. The Bertz CT molecular complexity index is 1150. The maximum Gasteiger partial charge on any atom is 0.252 e. The molecule has 162 valence electrons. The minimum Gasteiger partial charge on any atom is -0.325 e. The number of nitrogens with zero attached hydrogens (tertiary/aromatic N) is 2. The van der Waals surface area contributed by atoms with E-state index in [1.807, 2.05) is 78.9 Å². The van der Waals surface area contributed by atoms with Crippen LogP contribution in [-0.4, -0.2) is 30.1 Å². The third kappa shape index (κ3) is 4.47. The van der Waals surface area contributed by atoms with Gasteiger partial charge in [-0.15, -0.1) is 0 Å². The molecule has 1 N–H and O–H groups in total. The summed E-state index contributed by atoms with van der Waals surface area (Å²) in [6.07, 6.45) is 0. The number of carbonyl (C=O) groups excluding carboxylic acids is 2. The summed E-state index contributed by atoms with van der Waals surface area (Å²) in [5.74, 6) is -0.0271. The number of anilines is 2. The van der Waals surface area contributed by atoms with Crippen molar-refractivity contribution in [3.63, 3.8) is 0 Å². The van der Waals surface area contributed by atoms with E-state index in [1.54, 1.807) is 6.92 Å². The molecular weight excluding hydrogens is 398 g/mol. The van der Waals surface area contributed by atoms with Crippen molar-refractivity contribution in [2.24, 2.45) is 4.99 Å². The molecule has 0 saturated carbocycles. The van der Waals surface area contributed by atoms with Gasteiger partial charge >= 0.3 is 0 Å². The SMILES string of the molecule is CC(C)c1ccc(NC(=O)CN2C(=O)[C@@H](C)N=C(c3ccccc3)c3ccccc32)cc1. The summed E-state index contributed by atoms with van der Waals surface area (Å²) in [6.45, 7) is 5.95. The largest absolute Gasteiger partial charge is 0.325 e. The molecule has 1 aliphatic rings. The quantitative estimate of drug-likeness (QED) is 0.624. The highest BCUT2D eigenvalue weighted by molar-refractivity contribution is 6.20. The third-order valence-corrected chi connectivity index (χ3v) is 5.61. The van der Waals surface area contributed by atoms with E-state index < -0.39 is 6.04 Å². The lowest BCUT2D eigenvalue weighted by Crippen LogP contribution is -2.42. The molecule has 0 bridgehead atoms. The molecule has 32 heavy (non-hydrogen) atoms. The number of para-hydroxylation sites is 1. The van der Waals surface area contributed by atoms with Gasteiger partial charge in [-0.25, -0.2) is 0 Å². The Balaban J connectivity index is 1.62. The zero-order valence-corrected chi connectivity index (χ0v) is 18.6. The van der Waals surface area contributed by atoms with Crippen LogP contribution in [-0.2, 0) is 9.59 Å². The van der Waals surface area contributed by atoms with Gasteiger partial charge < -0.3 is 10.2 Å². The van der Waals surface area contributed by atoms with Gasteiger partial charge in [0.25, 0.3) is 5.91 Å². The van der Waals surface area contributed by atoms with E-state index in [0.717, 1.165) is 16.8 Å². The number of carbonyl (C=O) groups is 2. The molecule has 3 aromatic rings. The number of amides is 2. The van der Waals surface area contributed by atoms with E-state index in [1.165, 1.54) is 10.5 Å². The molecule has 5 nitrogen and oxygen atoms in total. The van der Waals surface area contributed by atoms with Crippen LogP contribution in [0.15, 0.2) is 83.9 Å². The van der Waals surface area contributed by atoms with Gasteiger partial charge in [-0.3, -0.25) is 14.6 Å². The highest BCUT2D eigenvalue weighted by atomic mass is 16.2. The maximum atomic E-state index is 13.2. The third-order valence-electron chi connectivity index (χ3n) is 5.61. The van der Waals surface area contributed by atoms with Crippen LogP contribution in [0.25, 0.3) is 0 Å². The van der Waals surface area contributed by atoms with Crippen molar-refractivity contribution in [2.75, 3.05) is 16.8 Å². The summed E-state index contributed by atoms with van der Waals surface area (Å²) in [4.78, 5) is 32.4. The van der Waals surface area contributed by atoms with Gasteiger partial charge in [0.2, 0.25) is 5.91 Å². The number of benzodiazepines with no additional fused rings is 1. The van der Waals surface area contributed by atoms with Crippen molar-refractivity contribution >= 4 is 28.9 Å². The molecule has 0 saturated heterocycles. The van der Waals surface area contributed by atoms with Gasteiger partial charge in [-0.1, -0.05) is 74.5 Å².